The maximum Gasteiger partial charge on any atom is 0.132 e. The molecule has 0 unspecified atom stereocenters. The summed E-state index contributed by atoms with van der Waals surface area (Å²) in [6.45, 7) is 1.59. The van der Waals surface area contributed by atoms with Gasteiger partial charge in [-0.3, -0.25) is 4.68 Å². The van der Waals surface area contributed by atoms with Gasteiger partial charge in [0, 0.05) is 32.1 Å². The van der Waals surface area contributed by atoms with Crippen molar-refractivity contribution < 1.29 is 0 Å². The molecule has 23 heavy (non-hydrogen) atoms. The van der Waals surface area contributed by atoms with E-state index in [-0.39, 0.29) is 0 Å². The van der Waals surface area contributed by atoms with Gasteiger partial charge in [0.2, 0.25) is 0 Å². The van der Waals surface area contributed by atoms with Gasteiger partial charge in [0.05, 0.1) is 5.69 Å². The van der Waals surface area contributed by atoms with Crippen molar-refractivity contribution in [2.75, 3.05) is 11.9 Å². The third-order valence-electron chi connectivity index (χ3n) is 5.10. The number of hydrogen-bond donors (Lipinski definition) is 2. The number of aromatic nitrogens is 2. The molecule has 0 bridgehead atoms. The van der Waals surface area contributed by atoms with Gasteiger partial charge in [-0.2, -0.15) is 5.10 Å². The molecule has 0 spiro atoms. The van der Waals surface area contributed by atoms with Gasteiger partial charge in [0.25, 0.3) is 0 Å². The summed E-state index contributed by atoms with van der Waals surface area (Å²) < 4.78 is 2.01. The Labute approximate surface area is 137 Å². The second-order valence-electron chi connectivity index (χ2n) is 6.63. The van der Waals surface area contributed by atoms with Crippen molar-refractivity contribution in [3.8, 4) is 0 Å². The first-order valence-corrected chi connectivity index (χ1v) is 8.55. The second-order valence-corrected chi connectivity index (χ2v) is 6.63. The zero-order valence-electron chi connectivity index (χ0n) is 13.7. The summed E-state index contributed by atoms with van der Waals surface area (Å²) in [5, 5.41) is 8.40. The highest BCUT2D eigenvalue weighted by Gasteiger charge is 2.27. The van der Waals surface area contributed by atoms with Crippen LogP contribution in [0.4, 0.5) is 5.82 Å². The van der Waals surface area contributed by atoms with Crippen molar-refractivity contribution in [2.24, 2.45) is 12.8 Å². The first kappa shape index (κ1) is 14.5. The Hall–Kier alpha value is -2.07. The van der Waals surface area contributed by atoms with Crippen molar-refractivity contribution in [2.45, 2.75) is 38.6 Å². The van der Waals surface area contributed by atoms with Crippen molar-refractivity contribution in [1.29, 1.82) is 0 Å². The Morgan fingerprint density at radius 1 is 1.13 bits per heavy atom. The lowest BCUT2D eigenvalue weighted by molar-refractivity contribution is 0.700. The number of allylic oxidation sites excluding steroid dienone is 1. The smallest absolute Gasteiger partial charge is 0.132 e. The van der Waals surface area contributed by atoms with Crippen LogP contribution in [0, 0.1) is 0 Å². The first-order valence-electron chi connectivity index (χ1n) is 8.55. The minimum Gasteiger partial charge on any atom is -0.366 e. The first-order chi connectivity index (χ1) is 11.3. The molecule has 0 saturated heterocycles. The normalized spacial score (nSPS) is 16.8. The van der Waals surface area contributed by atoms with Crippen molar-refractivity contribution in [3.63, 3.8) is 0 Å². The van der Waals surface area contributed by atoms with Crippen LogP contribution in [0.25, 0.3) is 5.57 Å². The SMILES string of the molecule is Cn1nc(Cc2ccc(CN)cc2)c2c1NCC1=C2CCCC1. The van der Waals surface area contributed by atoms with E-state index in [1.165, 1.54) is 53.9 Å². The Morgan fingerprint density at radius 2 is 1.87 bits per heavy atom. The molecule has 1 aromatic heterocycles. The van der Waals surface area contributed by atoms with Gasteiger partial charge in [-0.1, -0.05) is 24.3 Å². The molecule has 0 radical (unpaired) electrons. The molecule has 4 heteroatoms. The lowest BCUT2D eigenvalue weighted by Crippen LogP contribution is -2.18. The maximum absolute atomic E-state index is 5.69. The zero-order chi connectivity index (χ0) is 15.8. The van der Waals surface area contributed by atoms with Crippen LogP contribution in [0.2, 0.25) is 0 Å². The molecule has 4 nitrogen and oxygen atoms in total. The molecule has 1 aromatic carbocycles. The Kier molecular flexibility index (Phi) is 3.69. The van der Waals surface area contributed by atoms with Crippen LogP contribution >= 0.6 is 0 Å². The number of fused-ring (bicyclic) bond motifs is 2. The molecule has 0 amide bonds. The third-order valence-corrected chi connectivity index (χ3v) is 5.10. The van der Waals surface area contributed by atoms with Crippen LogP contribution in [0.3, 0.4) is 0 Å². The predicted octanol–water partition coefficient (Wildman–Crippen LogP) is 3.22. The van der Waals surface area contributed by atoms with Crippen LogP contribution in [-0.2, 0) is 20.0 Å². The number of hydrogen-bond acceptors (Lipinski definition) is 3. The van der Waals surface area contributed by atoms with Crippen molar-refractivity contribution in [3.05, 3.63) is 52.2 Å². The van der Waals surface area contributed by atoms with Crippen LogP contribution in [0.1, 0.15) is 48.1 Å². The summed E-state index contributed by atoms with van der Waals surface area (Å²) in [5.74, 6) is 1.19. The zero-order valence-corrected chi connectivity index (χ0v) is 13.7. The fourth-order valence-electron chi connectivity index (χ4n) is 3.86. The van der Waals surface area contributed by atoms with E-state index in [2.05, 4.69) is 29.6 Å². The molecule has 0 atom stereocenters. The van der Waals surface area contributed by atoms with Gasteiger partial charge in [0.1, 0.15) is 5.82 Å². The highest BCUT2D eigenvalue weighted by molar-refractivity contribution is 5.82. The number of benzene rings is 1. The molecule has 0 fully saturated rings. The molecule has 4 rings (SSSR count). The average Bonchev–Trinajstić information content (AvgIpc) is 2.92. The summed E-state index contributed by atoms with van der Waals surface area (Å²) in [5.41, 5.74) is 13.9. The van der Waals surface area contributed by atoms with Crippen molar-refractivity contribution >= 4 is 11.4 Å². The van der Waals surface area contributed by atoms with Gasteiger partial charge < -0.3 is 11.1 Å². The van der Waals surface area contributed by atoms with E-state index in [0.717, 1.165) is 13.0 Å². The van der Waals surface area contributed by atoms with E-state index >= 15 is 0 Å². The highest BCUT2D eigenvalue weighted by Crippen LogP contribution is 2.41. The quantitative estimate of drug-likeness (QED) is 0.915. The van der Waals surface area contributed by atoms with Gasteiger partial charge in [-0.15, -0.1) is 0 Å². The molecule has 2 aromatic rings. The lowest BCUT2D eigenvalue weighted by atomic mass is 9.84. The fraction of sp³-hybridized carbons (Fsp3) is 0.421. The average molecular weight is 308 g/mol. The Bertz CT molecular complexity index is 752. The van der Waals surface area contributed by atoms with Gasteiger partial charge in [-0.25, -0.2) is 0 Å². The van der Waals surface area contributed by atoms with E-state index < -0.39 is 0 Å². The van der Waals surface area contributed by atoms with Crippen LogP contribution < -0.4 is 11.1 Å². The molecular formula is C19H24N4. The van der Waals surface area contributed by atoms with E-state index in [1.54, 1.807) is 11.1 Å². The third kappa shape index (κ3) is 2.57. The highest BCUT2D eigenvalue weighted by atomic mass is 15.3. The maximum atomic E-state index is 5.69. The molecule has 2 aliphatic rings. The number of aryl methyl sites for hydroxylation is 1. The van der Waals surface area contributed by atoms with Gasteiger partial charge in [-0.05, 0) is 48.0 Å². The minimum atomic E-state index is 0.597. The second kappa shape index (κ2) is 5.85. The number of nitrogens with two attached hydrogens (primary N) is 1. The summed E-state index contributed by atoms with van der Waals surface area (Å²) in [6, 6.07) is 8.59. The fourth-order valence-corrected chi connectivity index (χ4v) is 3.86. The molecule has 0 saturated carbocycles. The predicted molar refractivity (Wildman–Crippen MR) is 94.2 cm³/mol. The van der Waals surface area contributed by atoms with Crippen LogP contribution in [0.5, 0.6) is 0 Å². The van der Waals surface area contributed by atoms with Crippen LogP contribution in [0.15, 0.2) is 29.8 Å². The van der Waals surface area contributed by atoms with E-state index in [0.29, 0.717) is 6.54 Å². The summed E-state index contributed by atoms with van der Waals surface area (Å²) in [4.78, 5) is 0. The van der Waals surface area contributed by atoms with E-state index in [4.69, 9.17) is 10.8 Å². The van der Waals surface area contributed by atoms with Crippen LogP contribution in [-0.4, -0.2) is 16.3 Å². The summed E-state index contributed by atoms with van der Waals surface area (Å²) in [6.07, 6.45) is 5.95. The number of rotatable bonds is 3. The lowest BCUT2D eigenvalue weighted by Gasteiger charge is -2.27. The molecule has 3 N–H and O–H groups in total. The number of nitrogens with one attached hydrogen (secondary N) is 1. The van der Waals surface area contributed by atoms with E-state index in [1.807, 2.05) is 11.7 Å². The van der Waals surface area contributed by atoms with Gasteiger partial charge >= 0.3 is 0 Å². The number of nitrogens with zero attached hydrogens (tertiary/aromatic N) is 2. The van der Waals surface area contributed by atoms with Crippen molar-refractivity contribution in [1.82, 2.24) is 9.78 Å². The van der Waals surface area contributed by atoms with Gasteiger partial charge in [0.15, 0.2) is 0 Å². The topological polar surface area (TPSA) is 55.9 Å². The monoisotopic (exact) mass is 308 g/mol. The minimum absolute atomic E-state index is 0.597. The molecule has 1 aliphatic heterocycles. The molecular weight excluding hydrogens is 284 g/mol. The standard InChI is InChI=1S/C19H24N4/c1-23-19-18(16-5-3-2-4-15(16)12-21-19)17(22-23)10-13-6-8-14(11-20)9-7-13/h6-9,21H,2-5,10-12,20H2,1H3. The molecule has 1 aliphatic carbocycles. The number of anilines is 1. The Balaban J connectivity index is 1.71. The molecule has 2 heterocycles. The summed E-state index contributed by atoms with van der Waals surface area (Å²) in [7, 11) is 2.04. The summed E-state index contributed by atoms with van der Waals surface area (Å²) >= 11 is 0. The Morgan fingerprint density at radius 3 is 2.65 bits per heavy atom. The molecule has 120 valence electrons. The van der Waals surface area contributed by atoms with E-state index in [9.17, 15) is 0 Å². The largest absolute Gasteiger partial charge is 0.366 e.